The van der Waals surface area contributed by atoms with Crippen molar-refractivity contribution >= 4 is 23.2 Å². The summed E-state index contributed by atoms with van der Waals surface area (Å²) in [4.78, 5) is 11.2. The molecule has 0 aliphatic heterocycles. The fraction of sp³-hybridized carbons (Fsp3) is 0.333. The van der Waals surface area contributed by atoms with E-state index < -0.39 is 6.04 Å². The van der Waals surface area contributed by atoms with E-state index in [0.29, 0.717) is 12.8 Å². The highest BCUT2D eigenvalue weighted by Crippen LogP contribution is 2.04. The molecule has 0 heterocycles. The van der Waals surface area contributed by atoms with Crippen molar-refractivity contribution in [2.75, 3.05) is 0 Å². The second-order valence-electron chi connectivity index (χ2n) is 3.50. The molecular formula is C12H15NO2S. The van der Waals surface area contributed by atoms with E-state index in [4.69, 9.17) is 12.2 Å². The van der Waals surface area contributed by atoms with Gasteiger partial charge in [0.05, 0.1) is 0 Å². The smallest absolute Gasteiger partial charge is 0.220 e. The van der Waals surface area contributed by atoms with Gasteiger partial charge in [0.15, 0.2) is 5.05 Å². The van der Waals surface area contributed by atoms with Crippen LogP contribution in [0.2, 0.25) is 0 Å². The molecule has 0 radical (unpaired) electrons. The summed E-state index contributed by atoms with van der Waals surface area (Å²) >= 11 is 4.72. The fourth-order valence-electron chi connectivity index (χ4n) is 1.35. The lowest BCUT2D eigenvalue weighted by Crippen LogP contribution is -2.41. The molecule has 1 unspecified atom stereocenters. The first-order valence-electron chi connectivity index (χ1n) is 5.19. The number of carbonyl (C=O) groups excluding carboxylic acids is 1. The van der Waals surface area contributed by atoms with Crippen LogP contribution < -0.4 is 5.32 Å². The highest BCUT2D eigenvalue weighted by atomic mass is 32.1. The summed E-state index contributed by atoms with van der Waals surface area (Å²) in [7, 11) is 0. The quantitative estimate of drug-likeness (QED) is 0.770. The van der Waals surface area contributed by atoms with Gasteiger partial charge >= 0.3 is 0 Å². The summed E-state index contributed by atoms with van der Waals surface area (Å²) in [6.07, 6.45) is 0.899. The molecule has 1 rings (SSSR count). The number of amides is 1. The minimum absolute atomic E-state index is 0.114. The standard InChI is InChI=1S/C12H15NO2S/c1-2-11(14)13-10(12(15)16)8-9-6-4-3-5-7-9/h3-7,10H,2,8H2,1H3,(H,13,14)(H,15,16). The molecule has 0 bridgehead atoms. The van der Waals surface area contributed by atoms with Gasteiger partial charge in [0.25, 0.3) is 0 Å². The van der Waals surface area contributed by atoms with E-state index in [1.54, 1.807) is 6.92 Å². The Labute approximate surface area is 100 Å². The summed E-state index contributed by atoms with van der Waals surface area (Å²) in [5.74, 6) is -0.114. The number of hydrogen-bond acceptors (Lipinski definition) is 2. The summed E-state index contributed by atoms with van der Waals surface area (Å²) < 4.78 is 0. The first kappa shape index (κ1) is 12.6. The largest absolute Gasteiger partial charge is 0.500 e. The van der Waals surface area contributed by atoms with E-state index in [-0.39, 0.29) is 11.0 Å². The maximum Gasteiger partial charge on any atom is 0.220 e. The first-order valence-corrected chi connectivity index (χ1v) is 5.60. The van der Waals surface area contributed by atoms with Crippen LogP contribution in [-0.2, 0) is 11.2 Å². The number of thiocarbonyl (C=S) groups is 1. The van der Waals surface area contributed by atoms with Crippen LogP contribution in [0.1, 0.15) is 18.9 Å². The Morgan fingerprint density at radius 1 is 1.44 bits per heavy atom. The van der Waals surface area contributed by atoms with E-state index in [2.05, 4.69) is 5.32 Å². The van der Waals surface area contributed by atoms with E-state index >= 15 is 0 Å². The third-order valence-electron chi connectivity index (χ3n) is 2.24. The Kier molecular flexibility index (Phi) is 4.92. The fourth-order valence-corrected chi connectivity index (χ4v) is 1.49. The van der Waals surface area contributed by atoms with Gasteiger partial charge in [-0.25, -0.2) is 0 Å². The van der Waals surface area contributed by atoms with Gasteiger partial charge in [-0.15, -0.1) is 0 Å². The van der Waals surface area contributed by atoms with E-state index in [9.17, 15) is 9.90 Å². The highest BCUT2D eigenvalue weighted by Gasteiger charge is 2.15. The zero-order valence-corrected chi connectivity index (χ0v) is 9.96. The molecule has 0 saturated heterocycles. The minimum Gasteiger partial charge on any atom is -0.500 e. The Morgan fingerprint density at radius 2 is 2.06 bits per heavy atom. The number of hydrogen-bond donors (Lipinski definition) is 2. The topological polar surface area (TPSA) is 49.3 Å². The van der Waals surface area contributed by atoms with Crippen LogP contribution in [0.5, 0.6) is 0 Å². The number of nitrogens with one attached hydrogen (secondary N) is 1. The van der Waals surface area contributed by atoms with Crippen LogP contribution in [0.15, 0.2) is 30.3 Å². The van der Waals surface area contributed by atoms with Gasteiger partial charge in [-0.05, 0) is 17.8 Å². The number of rotatable bonds is 5. The van der Waals surface area contributed by atoms with Crippen LogP contribution in [0, 0.1) is 0 Å². The zero-order chi connectivity index (χ0) is 12.0. The van der Waals surface area contributed by atoms with Crippen LogP contribution in [0.25, 0.3) is 0 Å². The van der Waals surface area contributed by atoms with Gasteiger partial charge in [-0.1, -0.05) is 37.3 Å². The number of benzene rings is 1. The molecule has 1 aromatic carbocycles. The predicted molar refractivity (Wildman–Crippen MR) is 67.6 cm³/mol. The molecule has 16 heavy (non-hydrogen) atoms. The van der Waals surface area contributed by atoms with Gasteiger partial charge in [0, 0.05) is 12.8 Å². The lowest BCUT2D eigenvalue weighted by atomic mass is 10.1. The molecule has 0 saturated carbocycles. The number of aliphatic hydroxyl groups excluding tert-OH is 1. The summed E-state index contributed by atoms with van der Waals surface area (Å²) in [5, 5.41) is 11.8. The van der Waals surface area contributed by atoms with Gasteiger partial charge in [0.1, 0.15) is 6.04 Å². The molecule has 1 amide bonds. The van der Waals surface area contributed by atoms with Crippen molar-refractivity contribution < 1.29 is 9.90 Å². The van der Waals surface area contributed by atoms with Crippen molar-refractivity contribution in [2.45, 2.75) is 25.8 Å². The third kappa shape index (κ3) is 3.98. The van der Waals surface area contributed by atoms with Crippen molar-refractivity contribution in [1.82, 2.24) is 5.32 Å². The van der Waals surface area contributed by atoms with Gasteiger partial charge in [0.2, 0.25) is 5.91 Å². The molecule has 2 N–H and O–H groups in total. The van der Waals surface area contributed by atoms with Gasteiger partial charge < -0.3 is 10.4 Å². The van der Waals surface area contributed by atoms with E-state index in [0.717, 1.165) is 5.56 Å². The number of carbonyl (C=O) groups is 1. The Bertz CT molecular complexity index is 365. The molecule has 0 aliphatic carbocycles. The maximum atomic E-state index is 11.2. The normalized spacial score (nSPS) is 11.8. The molecule has 86 valence electrons. The van der Waals surface area contributed by atoms with Crippen LogP contribution in [0.3, 0.4) is 0 Å². The lowest BCUT2D eigenvalue weighted by Gasteiger charge is -2.15. The molecule has 3 nitrogen and oxygen atoms in total. The summed E-state index contributed by atoms with van der Waals surface area (Å²) in [6.45, 7) is 1.76. The first-order chi connectivity index (χ1) is 7.63. The maximum absolute atomic E-state index is 11.2. The van der Waals surface area contributed by atoms with E-state index in [1.165, 1.54) is 0 Å². The third-order valence-corrected chi connectivity index (χ3v) is 2.52. The van der Waals surface area contributed by atoms with Crippen LogP contribution >= 0.6 is 12.2 Å². The molecule has 0 spiro atoms. The Balaban J connectivity index is 2.65. The van der Waals surface area contributed by atoms with Crippen LogP contribution in [0.4, 0.5) is 0 Å². The number of aliphatic hydroxyl groups is 1. The molecular weight excluding hydrogens is 222 g/mol. The minimum atomic E-state index is -0.482. The van der Waals surface area contributed by atoms with Gasteiger partial charge in [-0.2, -0.15) is 0 Å². The zero-order valence-electron chi connectivity index (χ0n) is 9.14. The average Bonchev–Trinajstić information content (AvgIpc) is 2.29. The molecule has 0 fully saturated rings. The second kappa shape index (κ2) is 6.23. The predicted octanol–water partition coefficient (Wildman–Crippen LogP) is 2.01. The average molecular weight is 237 g/mol. The van der Waals surface area contributed by atoms with Crippen molar-refractivity contribution in [3.05, 3.63) is 35.9 Å². The second-order valence-corrected chi connectivity index (χ2v) is 3.92. The molecule has 0 aromatic heterocycles. The summed E-state index contributed by atoms with van der Waals surface area (Å²) in [5.41, 5.74) is 1.03. The molecule has 1 aromatic rings. The van der Waals surface area contributed by atoms with Crippen molar-refractivity contribution in [3.8, 4) is 0 Å². The molecule has 4 heteroatoms. The lowest BCUT2D eigenvalue weighted by molar-refractivity contribution is -0.121. The van der Waals surface area contributed by atoms with E-state index in [1.807, 2.05) is 30.3 Å². The highest BCUT2D eigenvalue weighted by molar-refractivity contribution is 7.80. The van der Waals surface area contributed by atoms with Crippen LogP contribution in [-0.4, -0.2) is 22.1 Å². The van der Waals surface area contributed by atoms with Gasteiger partial charge in [-0.3, -0.25) is 4.79 Å². The monoisotopic (exact) mass is 237 g/mol. The SMILES string of the molecule is CCC(=O)NC(Cc1ccccc1)C(O)=S. The van der Waals surface area contributed by atoms with Crippen molar-refractivity contribution in [2.24, 2.45) is 0 Å². The van der Waals surface area contributed by atoms with Crippen molar-refractivity contribution in [1.29, 1.82) is 0 Å². The Hall–Kier alpha value is -1.42. The van der Waals surface area contributed by atoms with Crippen molar-refractivity contribution in [3.63, 3.8) is 0 Å². The molecule has 1 atom stereocenters. The molecule has 0 aliphatic rings. The summed E-state index contributed by atoms with van der Waals surface area (Å²) in [6, 6.07) is 9.13. The Morgan fingerprint density at radius 3 is 2.56 bits per heavy atom.